The zero-order chi connectivity index (χ0) is 12.9. The number of nitrogens with two attached hydrogens (primary N) is 1. The van der Waals surface area contributed by atoms with Crippen molar-refractivity contribution in [2.24, 2.45) is 17.6 Å². The molecule has 2 N–H and O–H groups in total. The molecule has 4 aliphatic rings. The van der Waals surface area contributed by atoms with E-state index in [1.54, 1.807) is 0 Å². The maximum atomic E-state index is 11.8. The van der Waals surface area contributed by atoms with E-state index in [-0.39, 0.29) is 23.7 Å². The molecule has 2 heterocycles. The monoisotopic (exact) mass is 251 g/mol. The van der Waals surface area contributed by atoms with E-state index in [0.717, 1.165) is 19.3 Å². The van der Waals surface area contributed by atoms with Crippen molar-refractivity contribution in [3.05, 3.63) is 12.3 Å². The fourth-order valence-corrected chi connectivity index (χ4v) is 3.76. The van der Waals surface area contributed by atoms with Crippen molar-refractivity contribution in [1.82, 2.24) is 0 Å². The zero-order valence-corrected chi connectivity index (χ0v) is 10.2. The first-order valence-electron chi connectivity index (χ1n) is 6.36. The summed E-state index contributed by atoms with van der Waals surface area (Å²) in [4.78, 5) is 23.5. The maximum absolute atomic E-state index is 11.8. The Bertz CT molecular complexity index is 433. The third-order valence-corrected chi connectivity index (χ3v) is 4.28. The molecular formula is C13H17NO4. The minimum absolute atomic E-state index is 0.0864. The molecule has 2 saturated heterocycles. The summed E-state index contributed by atoms with van der Waals surface area (Å²) in [6, 6.07) is 0. The Morgan fingerprint density at radius 2 is 2.17 bits per heavy atom. The first-order valence-corrected chi connectivity index (χ1v) is 6.36. The van der Waals surface area contributed by atoms with Crippen LogP contribution in [0.4, 0.5) is 0 Å². The van der Waals surface area contributed by atoms with Gasteiger partial charge in [-0.1, -0.05) is 6.58 Å². The van der Waals surface area contributed by atoms with Crippen LogP contribution in [-0.4, -0.2) is 23.6 Å². The molecule has 2 saturated carbocycles. The summed E-state index contributed by atoms with van der Waals surface area (Å²) in [7, 11) is 0. The second-order valence-corrected chi connectivity index (χ2v) is 5.80. The molecule has 0 aromatic rings. The molecule has 5 nitrogen and oxygen atoms in total. The van der Waals surface area contributed by atoms with Crippen LogP contribution < -0.4 is 5.73 Å². The number of fused-ring (bicyclic) bond motifs is 1. The van der Waals surface area contributed by atoms with E-state index in [9.17, 15) is 9.59 Å². The van der Waals surface area contributed by atoms with Gasteiger partial charge in [0.1, 0.15) is 17.4 Å². The quantitative estimate of drug-likeness (QED) is 0.582. The molecule has 98 valence electrons. The van der Waals surface area contributed by atoms with Gasteiger partial charge >= 0.3 is 11.9 Å². The lowest BCUT2D eigenvalue weighted by atomic mass is 9.65. The predicted octanol–water partition coefficient (Wildman–Crippen LogP) is 0.876. The van der Waals surface area contributed by atoms with Crippen LogP contribution in [0.5, 0.6) is 0 Å². The number of carbonyl (C=O) groups excluding carboxylic acids is 2. The van der Waals surface area contributed by atoms with Gasteiger partial charge in [0.05, 0.1) is 5.92 Å². The number of ether oxygens (including phenoxy) is 2. The van der Waals surface area contributed by atoms with Crippen LogP contribution in [0.15, 0.2) is 12.3 Å². The molecule has 4 bridgehead atoms. The van der Waals surface area contributed by atoms with Gasteiger partial charge in [0.15, 0.2) is 0 Å². The molecule has 0 aromatic carbocycles. The SMILES string of the molecule is C=C(N)C(=O)OC12CC3CC(C1)OC(=O)C(C3)C2. The Balaban J connectivity index is 1.86. The molecule has 18 heavy (non-hydrogen) atoms. The first kappa shape index (κ1) is 11.6. The molecule has 0 radical (unpaired) electrons. The molecule has 4 atom stereocenters. The van der Waals surface area contributed by atoms with E-state index in [4.69, 9.17) is 15.2 Å². The van der Waals surface area contributed by atoms with Gasteiger partial charge < -0.3 is 15.2 Å². The van der Waals surface area contributed by atoms with Gasteiger partial charge in [0.25, 0.3) is 0 Å². The Labute approximate surface area is 105 Å². The lowest BCUT2D eigenvalue weighted by Gasteiger charge is -2.45. The number of hydrogen-bond donors (Lipinski definition) is 1. The van der Waals surface area contributed by atoms with E-state index in [0.29, 0.717) is 18.8 Å². The van der Waals surface area contributed by atoms with Gasteiger partial charge in [-0.25, -0.2) is 4.79 Å². The Morgan fingerprint density at radius 1 is 1.39 bits per heavy atom. The fraction of sp³-hybridized carbons (Fsp3) is 0.692. The highest BCUT2D eigenvalue weighted by Gasteiger charge is 2.54. The molecule has 0 aromatic heterocycles. The highest BCUT2D eigenvalue weighted by Crippen LogP contribution is 2.51. The van der Waals surface area contributed by atoms with Gasteiger partial charge in [0, 0.05) is 12.8 Å². The van der Waals surface area contributed by atoms with Gasteiger partial charge in [0.2, 0.25) is 0 Å². The Hall–Kier alpha value is -1.52. The minimum Gasteiger partial charge on any atom is -0.462 e. The molecule has 2 aliphatic heterocycles. The molecule has 4 fully saturated rings. The summed E-state index contributed by atoms with van der Waals surface area (Å²) in [6.45, 7) is 3.40. The van der Waals surface area contributed by atoms with Gasteiger partial charge in [-0.15, -0.1) is 0 Å². The average molecular weight is 251 g/mol. The predicted molar refractivity (Wildman–Crippen MR) is 62.1 cm³/mol. The van der Waals surface area contributed by atoms with Crippen molar-refractivity contribution >= 4 is 11.9 Å². The van der Waals surface area contributed by atoms with Crippen molar-refractivity contribution in [3.8, 4) is 0 Å². The highest BCUT2D eigenvalue weighted by atomic mass is 16.6. The van der Waals surface area contributed by atoms with Crippen molar-refractivity contribution < 1.29 is 19.1 Å². The van der Waals surface area contributed by atoms with Gasteiger partial charge in [-0.2, -0.15) is 0 Å². The standard InChI is InChI=1S/C13H17NO4/c1-7(14)11(15)18-13-4-8-2-9(5-13)12(16)17-10(3-8)6-13/h8-10H,1-6,14H2. The van der Waals surface area contributed by atoms with Crippen molar-refractivity contribution in [2.75, 3.05) is 0 Å². The summed E-state index contributed by atoms with van der Waals surface area (Å²) in [5.74, 6) is -0.418. The molecule has 0 spiro atoms. The Kier molecular flexibility index (Phi) is 2.40. The van der Waals surface area contributed by atoms with E-state index < -0.39 is 11.6 Å². The molecule has 2 aliphatic carbocycles. The smallest absolute Gasteiger partial charge is 0.354 e. The topological polar surface area (TPSA) is 78.6 Å². The van der Waals surface area contributed by atoms with Gasteiger partial charge in [-0.3, -0.25) is 4.79 Å². The third-order valence-electron chi connectivity index (χ3n) is 4.28. The normalized spacial score (nSPS) is 41.1. The maximum Gasteiger partial charge on any atom is 0.354 e. The number of esters is 2. The lowest BCUT2D eigenvalue weighted by Crippen LogP contribution is -2.48. The van der Waals surface area contributed by atoms with Crippen molar-refractivity contribution in [2.45, 2.75) is 43.8 Å². The van der Waals surface area contributed by atoms with E-state index in [1.165, 1.54) is 0 Å². The summed E-state index contributed by atoms with van der Waals surface area (Å²) < 4.78 is 11.0. The highest BCUT2D eigenvalue weighted by molar-refractivity contribution is 5.87. The molecule has 5 heteroatoms. The number of hydrogen-bond acceptors (Lipinski definition) is 5. The molecule has 0 amide bonds. The van der Waals surface area contributed by atoms with Crippen LogP contribution in [0.25, 0.3) is 0 Å². The zero-order valence-electron chi connectivity index (χ0n) is 10.2. The molecular weight excluding hydrogens is 234 g/mol. The second kappa shape index (κ2) is 3.73. The minimum atomic E-state index is -0.567. The molecule has 4 rings (SSSR count). The van der Waals surface area contributed by atoms with Gasteiger partial charge in [-0.05, 0) is 25.2 Å². The fourth-order valence-electron chi connectivity index (χ4n) is 3.76. The average Bonchev–Trinajstić information content (AvgIpc) is 2.41. The van der Waals surface area contributed by atoms with Crippen LogP contribution in [0.2, 0.25) is 0 Å². The summed E-state index contributed by atoms with van der Waals surface area (Å²) >= 11 is 0. The van der Waals surface area contributed by atoms with E-state index >= 15 is 0 Å². The third kappa shape index (κ3) is 1.78. The van der Waals surface area contributed by atoms with Crippen LogP contribution in [0, 0.1) is 11.8 Å². The van der Waals surface area contributed by atoms with Crippen LogP contribution in [0.3, 0.4) is 0 Å². The summed E-state index contributed by atoms with van der Waals surface area (Å²) in [5.41, 5.74) is 4.71. The number of carbonyl (C=O) groups is 2. The van der Waals surface area contributed by atoms with Crippen molar-refractivity contribution in [3.63, 3.8) is 0 Å². The molecule has 4 unspecified atom stereocenters. The van der Waals surface area contributed by atoms with Crippen LogP contribution in [0.1, 0.15) is 32.1 Å². The van der Waals surface area contributed by atoms with E-state index in [1.807, 2.05) is 0 Å². The van der Waals surface area contributed by atoms with Crippen LogP contribution in [-0.2, 0) is 19.1 Å². The summed E-state index contributed by atoms with van der Waals surface area (Å²) in [5, 5.41) is 0. The van der Waals surface area contributed by atoms with Crippen molar-refractivity contribution in [1.29, 1.82) is 0 Å². The first-order chi connectivity index (χ1) is 8.47. The van der Waals surface area contributed by atoms with E-state index in [2.05, 4.69) is 6.58 Å². The van der Waals surface area contributed by atoms with Crippen LogP contribution >= 0.6 is 0 Å². The lowest BCUT2D eigenvalue weighted by molar-refractivity contribution is -0.169. The second-order valence-electron chi connectivity index (χ2n) is 5.80. The Morgan fingerprint density at radius 3 is 2.89 bits per heavy atom. The number of rotatable bonds is 2. The summed E-state index contributed by atoms with van der Waals surface area (Å²) in [6.07, 6.45) is 3.63. The largest absolute Gasteiger partial charge is 0.462 e.